The van der Waals surface area contributed by atoms with Crippen LogP contribution in [-0.2, 0) is 9.53 Å². The van der Waals surface area contributed by atoms with E-state index < -0.39 is 5.97 Å². The molecule has 1 unspecified atom stereocenters. The predicted molar refractivity (Wildman–Crippen MR) is 76.6 cm³/mol. The third-order valence-electron chi connectivity index (χ3n) is 2.94. The number of ether oxygens (including phenoxy) is 1. The Hall–Kier alpha value is -2.35. The van der Waals surface area contributed by atoms with E-state index in [2.05, 4.69) is 6.58 Å². The molecule has 0 heterocycles. The van der Waals surface area contributed by atoms with Crippen molar-refractivity contribution in [3.63, 3.8) is 0 Å². The summed E-state index contributed by atoms with van der Waals surface area (Å²) in [6.07, 6.45) is 0.878. The van der Waals surface area contributed by atoms with Crippen LogP contribution < -0.4 is 0 Å². The van der Waals surface area contributed by atoms with E-state index in [0.717, 1.165) is 16.7 Å². The maximum Gasteiger partial charge on any atom is 0.330 e. The van der Waals surface area contributed by atoms with Crippen molar-refractivity contribution in [2.24, 2.45) is 0 Å². The Balaban J connectivity index is 2.36. The number of carbonyl (C=O) groups excluding carboxylic acids is 1. The number of benzene rings is 2. The molecule has 2 heteroatoms. The van der Waals surface area contributed by atoms with Crippen molar-refractivity contribution in [2.75, 3.05) is 0 Å². The summed E-state index contributed by atoms with van der Waals surface area (Å²) in [7, 11) is 0. The fourth-order valence-corrected chi connectivity index (χ4v) is 2.02. The van der Waals surface area contributed by atoms with E-state index in [1.165, 1.54) is 6.08 Å². The Morgan fingerprint density at radius 3 is 2.42 bits per heavy atom. The molecule has 0 aliphatic heterocycles. The Bertz CT molecular complexity index is 573. The van der Waals surface area contributed by atoms with Crippen molar-refractivity contribution in [3.8, 4) is 11.1 Å². The Labute approximate surface area is 113 Å². The van der Waals surface area contributed by atoms with Crippen molar-refractivity contribution in [2.45, 2.75) is 13.0 Å². The largest absolute Gasteiger partial charge is 0.455 e. The number of rotatable bonds is 4. The molecule has 0 fully saturated rings. The van der Waals surface area contributed by atoms with Gasteiger partial charge in [0.15, 0.2) is 0 Å². The highest BCUT2D eigenvalue weighted by Gasteiger charge is 2.14. The molecular formula is C17H16O2. The molecule has 2 rings (SSSR count). The maximum atomic E-state index is 11.3. The fourth-order valence-electron chi connectivity index (χ4n) is 2.02. The van der Waals surface area contributed by atoms with Gasteiger partial charge in [0.2, 0.25) is 0 Å². The van der Waals surface area contributed by atoms with Crippen LogP contribution in [0.1, 0.15) is 18.6 Å². The van der Waals surface area contributed by atoms with Crippen LogP contribution in [0.2, 0.25) is 0 Å². The van der Waals surface area contributed by atoms with Crippen molar-refractivity contribution in [3.05, 3.63) is 72.8 Å². The lowest BCUT2D eigenvalue weighted by Gasteiger charge is -2.16. The van der Waals surface area contributed by atoms with Crippen molar-refractivity contribution >= 4 is 5.97 Å². The standard InChI is InChI=1S/C17H16O2/c1-3-17(18)19-13(2)15-11-7-8-12-16(15)14-9-5-4-6-10-14/h3-13H,1H2,2H3. The molecule has 2 aromatic carbocycles. The summed E-state index contributed by atoms with van der Waals surface area (Å²) in [6.45, 7) is 5.28. The molecular weight excluding hydrogens is 236 g/mol. The third-order valence-corrected chi connectivity index (χ3v) is 2.94. The molecule has 96 valence electrons. The zero-order valence-electron chi connectivity index (χ0n) is 10.9. The molecule has 2 aromatic rings. The molecule has 0 radical (unpaired) electrons. The van der Waals surface area contributed by atoms with Crippen LogP contribution >= 0.6 is 0 Å². The first-order chi connectivity index (χ1) is 9.22. The van der Waals surface area contributed by atoms with Gasteiger partial charge in [0, 0.05) is 6.08 Å². The van der Waals surface area contributed by atoms with Crippen molar-refractivity contribution < 1.29 is 9.53 Å². The lowest BCUT2D eigenvalue weighted by molar-refractivity contribution is -0.142. The van der Waals surface area contributed by atoms with Gasteiger partial charge in [-0.3, -0.25) is 0 Å². The lowest BCUT2D eigenvalue weighted by Crippen LogP contribution is -2.06. The fraction of sp³-hybridized carbons (Fsp3) is 0.118. The van der Waals surface area contributed by atoms with E-state index in [0.29, 0.717) is 0 Å². The lowest BCUT2D eigenvalue weighted by atomic mass is 9.97. The number of esters is 1. The van der Waals surface area contributed by atoms with Gasteiger partial charge in [0.05, 0.1) is 0 Å². The van der Waals surface area contributed by atoms with Crippen LogP contribution in [0.3, 0.4) is 0 Å². The summed E-state index contributed by atoms with van der Waals surface area (Å²) in [5.41, 5.74) is 3.18. The molecule has 0 aliphatic rings. The molecule has 19 heavy (non-hydrogen) atoms. The van der Waals surface area contributed by atoms with Crippen molar-refractivity contribution in [1.82, 2.24) is 0 Å². The van der Waals surface area contributed by atoms with E-state index >= 15 is 0 Å². The van der Waals surface area contributed by atoms with Crippen molar-refractivity contribution in [1.29, 1.82) is 0 Å². The van der Waals surface area contributed by atoms with Gasteiger partial charge < -0.3 is 4.74 Å². The molecule has 0 N–H and O–H groups in total. The normalized spacial score (nSPS) is 11.6. The molecule has 0 amide bonds. The third kappa shape index (κ3) is 3.10. The summed E-state index contributed by atoms with van der Waals surface area (Å²) in [5, 5.41) is 0. The number of hydrogen-bond donors (Lipinski definition) is 0. The molecule has 0 saturated heterocycles. The first-order valence-corrected chi connectivity index (χ1v) is 6.19. The average molecular weight is 252 g/mol. The molecule has 0 aromatic heterocycles. The van der Waals surface area contributed by atoms with E-state index in [-0.39, 0.29) is 6.10 Å². The zero-order chi connectivity index (χ0) is 13.7. The van der Waals surface area contributed by atoms with Crippen LogP contribution in [0.4, 0.5) is 0 Å². The predicted octanol–water partition coefficient (Wildman–Crippen LogP) is 4.14. The Kier molecular flexibility index (Phi) is 4.14. The van der Waals surface area contributed by atoms with Crippen LogP contribution in [0, 0.1) is 0 Å². The SMILES string of the molecule is C=CC(=O)OC(C)c1ccccc1-c1ccccc1. The van der Waals surface area contributed by atoms with Gasteiger partial charge in [-0.25, -0.2) is 4.79 Å². The minimum Gasteiger partial charge on any atom is -0.455 e. The van der Waals surface area contributed by atoms with Gasteiger partial charge >= 0.3 is 5.97 Å². The van der Waals surface area contributed by atoms with Gasteiger partial charge in [-0.05, 0) is 23.6 Å². The first kappa shape index (κ1) is 13.1. The van der Waals surface area contributed by atoms with Gasteiger partial charge in [0.1, 0.15) is 6.10 Å². The summed E-state index contributed by atoms with van der Waals surface area (Å²) in [4.78, 5) is 11.3. The summed E-state index contributed by atoms with van der Waals surface area (Å²) in [6, 6.07) is 18.0. The van der Waals surface area contributed by atoms with E-state index in [1.807, 2.05) is 61.5 Å². The summed E-state index contributed by atoms with van der Waals surface area (Å²) >= 11 is 0. The van der Waals surface area contributed by atoms with Gasteiger partial charge in [0.25, 0.3) is 0 Å². The highest BCUT2D eigenvalue weighted by Crippen LogP contribution is 2.29. The molecule has 2 nitrogen and oxygen atoms in total. The van der Waals surface area contributed by atoms with Crippen LogP contribution in [0.15, 0.2) is 67.3 Å². The second-order valence-corrected chi connectivity index (χ2v) is 4.24. The summed E-state index contributed by atoms with van der Waals surface area (Å²) < 4.78 is 5.29. The molecule has 0 saturated carbocycles. The minimum atomic E-state index is -0.407. The topological polar surface area (TPSA) is 26.3 Å². The average Bonchev–Trinajstić information content (AvgIpc) is 2.48. The molecule has 0 bridgehead atoms. The zero-order valence-corrected chi connectivity index (χ0v) is 10.9. The van der Waals surface area contributed by atoms with Crippen LogP contribution in [-0.4, -0.2) is 5.97 Å². The minimum absolute atomic E-state index is 0.304. The number of hydrogen-bond acceptors (Lipinski definition) is 2. The summed E-state index contributed by atoms with van der Waals surface area (Å²) in [5.74, 6) is -0.407. The molecule has 0 spiro atoms. The maximum absolute atomic E-state index is 11.3. The van der Waals surface area contributed by atoms with Gasteiger partial charge in [-0.1, -0.05) is 61.2 Å². The van der Waals surface area contributed by atoms with Gasteiger partial charge in [-0.15, -0.1) is 0 Å². The smallest absolute Gasteiger partial charge is 0.330 e. The number of carbonyl (C=O) groups is 1. The van der Waals surface area contributed by atoms with Gasteiger partial charge in [-0.2, -0.15) is 0 Å². The highest BCUT2D eigenvalue weighted by molar-refractivity contribution is 5.81. The van der Waals surface area contributed by atoms with E-state index in [4.69, 9.17) is 4.74 Å². The highest BCUT2D eigenvalue weighted by atomic mass is 16.5. The molecule has 0 aliphatic carbocycles. The Morgan fingerprint density at radius 2 is 1.74 bits per heavy atom. The van der Waals surface area contributed by atoms with Crippen LogP contribution in [0.5, 0.6) is 0 Å². The second-order valence-electron chi connectivity index (χ2n) is 4.24. The first-order valence-electron chi connectivity index (χ1n) is 6.19. The monoisotopic (exact) mass is 252 g/mol. The molecule has 1 atom stereocenters. The second kappa shape index (κ2) is 6.01. The van der Waals surface area contributed by atoms with Crippen LogP contribution in [0.25, 0.3) is 11.1 Å². The quantitative estimate of drug-likeness (QED) is 0.603. The Morgan fingerprint density at radius 1 is 1.11 bits per heavy atom. The van der Waals surface area contributed by atoms with E-state index in [9.17, 15) is 4.79 Å². The van der Waals surface area contributed by atoms with E-state index in [1.54, 1.807) is 0 Å².